The van der Waals surface area contributed by atoms with Crippen molar-refractivity contribution < 1.29 is 9.53 Å². The van der Waals surface area contributed by atoms with Crippen LogP contribution in [-0.2, 0) is 0 Å². The number of nitrogens with zero attached hydrogens (tertiary/aromatic N) is 2. The third-order valence-electron chi connectivity index (χ3n) is 5.80. The van der Waals surface area contributed by atoms with E-state index in [1.807, 2.05) is 29.8 Å². The Morgan fingerprint density at radius 3 is 2.96 bits per heavy atom. The number of thiophene rings is 1. The van der Waals surface area contributed by atoms with E-state index in [9.17, 15) is 4.79 Å². The Kier molecular flexibility index (Phi) is 3.85. The number of amides is 1. The lowest BCUT2D eigenvalue weighted by atomic mass is 9.88. The first-order valence-electron chi connectivity index (χ1n) is 9.33. The zero-order valence-corrected chi connectivity index (χ0v) is 15.7. The van der Waals surface area contributed by atoms with Gasteiger partial charge in [-0.25, -0.2) is 0 Å². The summed E-state index contributed by atoms with van der Waals surface area (Å²) < 4.78 is 6.43. The second-order valence-electron chi connectivity index (χ2n) is 7.45. The van der Waals surface area contributed by atoms with Crippen LogP contribution in [0.5, 0.6) is 5.75 Å². The summed E-state index contributed by atoms with van der Waals surface area (Å²) in [4.78, 5) is 20.1. The molecule has 1 aromatic carbocycles. The molecule has 5 heteroatoms. The van der Waals surface area contributed by atoms with Gasteiger partial charge in [0.2, 0.25) is 0 Å². The van der Waals surface area contributed by atoms with E-state index in [-0.39, 0.29) is 5.91 Å². The third-order valence-corrected chi connectivity index (χ3v) is 6.74. The van der Waals surface area contributed by atoms with Crippen molar-refractivity contribution in [2.24, 2.45) is 4.99 Å². The summed E-state index contributed by atoms with van der Waals surface area (Å²) >= 11 is 1.63. The first-order chi connectivity index (χ1) is 12.7. The number of fused-ring (bicyclic) bond motifs is 1. The maximum Gasteiger partial charge on any atom is 0.255 e. The largest absolute Gasteiger partial charge is 0.497 e. The summed E-state index contributed by atoms with van der Waals surface area (Å²) in [6.45, 7) is 0.871. The lowest BCUT2D eigenvalue weighted by molar-refractivity contribution is 0.0648. The molecule has 0 radical (unpaired) electrons. The van der Waals surface area contributed by atoms with Gasteiger partial charge in [-0.05, 0) is 61.4 Å². The van der Waals surface area contributed by atoms with Crippen LogP contribution in [-0.4, -0.2) is 42.8 Å². The van der Waals surface area contributed by atoms with Crippen LogP contribution in [0.3, 0.4) is 0 Å². The summed E-state index contributed by atoms with van der Waals surface area (Å²) in [5.41, 5.74) is 3.71. The molecule has 1 atom stereocenters. The van der Waals surface area contributed by atoms with Crippen molar-refractivity contribution in [1.82, 2.24) is 4.90 Å². The van der Waals surface area contributed by atoms with E-state index in [2.05, 4.69) is 9.89 Å². The number of rotatable bonds is 4. The van der Waals surface area contributed by atoms with Gasteiger partial charge in [-0.1, -0.05) is 0 Å². The lowest BCUT2D eigenvalue weighted by Crippen LogP contribution is -2.43. The van der Waals surface area contributed by atoms with Gasteiger partial charge in [0.15, 0.2) is 0 Å². The summed E-state index contributed by atoms with van der Waals surface area (Å²) in [5, 5.41) is 3.07. The standard InChI is InChI=1S/C21H22N2O2S/c1-25-17-6-7-18-19(12-26-20(18)9-17)21(24)23(15-4-5-15)16-3-2-13-10-22-11-14(13)8-16/h6-7,9,11-12,15-16H,2-5,8,10H2,1H3. The van der Waals surface area contributed by atoms with Crippen molar-refractivity contribution in [3.8, 4) is 5.75 Å². The maximum atomic E-state index is 13.5. The predicted octanol–water partition coefficient (Wildman–Crippen LogP) is 4.45. The summed E-state index contributed by atoms with van der Waals surface area (Å²) in [6.07, 6.45) is 7.43. The molecule has 1 saturated carbocycles. The minimum Gasteiger partial charge on any atom is -0.497 e. The molecule has 1 amide bonds. The molecule has 134 valence electrons. The Bertz CT molecular complexity index is 939. The maximum absolute atomic E-state index is 13.5. The number of hydrogen-bond acceptors (Lipinski definition) is 4. The second kappa shape index (κ2) is 6.23. The molecule has 4 nitrogen and oxygen atoms in total. The fourth-order valence-electron chi connectivity index (χ4n) is 4.25. The normalized spacial score (nSPS) is 22.0. The van der Waals surface area contributed by atoms with Gasteiger partial charge in [-0.2, -0.15) is 0 Å². The zero-order chi connectivity index (χ0) is 17.7. The van der Waals surface area contributed by atoms with Crippen molar-refractivity contribution in [2.75, 3.05) is 13.7 Å². The van der Waals surface area contributed by atoms with Crippen LogP contribution in [0.1, 0.15) is 42.5 Å². The smallest absolute Gasteiger partial charge is 0.255 e. The van der Waals surface area contributed by atoms with E-state index in [1.165, 1.54) is 11.1 Å². The molecule has 0 bridgehead atoms. The Morgan fingerprint density at radius 1 is 1.27 bits per heavy atom. The first kappa shape index (κ1) is 16.1. The molecule has 5 rings (SSSR count). The van der Waals surface area contributed by atoms with E-state index in [0.717, 1.165) is 60.0 Å². The first-order valence-corrected chi connectivity index (χ1v) is 10.2. The molecular weight excluding hydrogens is 344 g/mol. The highest BCUT2D eigenvalue weighted by molar-refractivity contribution is 7.17. The minimum absolute atomic E-state index is 0.202. The van der Waals surface area contributed by atoms with Crippen molar-refractivity contribution in [1.29, 1.82) is 0 Å². The number of methoxy groups -OCH3 is 1. The summed E-state index contributed by atoms with van der Waals surface area (Å²) in [6, 6.07) is 6.71. The number of ether oxygens (including phenoxy) is 1. The molecule has 1 aromatic heterocycles. The molecule has 0 N–H and O–H groups in total. The lowest BCUT2D eigenvalue weighted by Gasteiger charge is -2.35. The van der Waals surface area contributed by atoms with E-state index in [4.69, 9.17) is 4.74 Å². The van der Waals surface area contributed by atoms with Crippen molar-refractivity contribution in [3.05, 3.63) is 40.3 Å². The number of carbonyl (C=O) groups excluding carboxylic acids is 1. The Hall–Kier alpha value is -2.14. The average molecular weight is 366 g/mol. The molecule has 1 fully saturated rings. The van der Waals surface area contributed by atoms with Gasteiger partial charge in [0, 0.05) is 33.8 Å². The van der Waals surface area contributed by atoms with Gasteiger partial charge in [0.05, 0.1) is 19.2 Å². The van der Waals surface area contributed by atoms with Crippen LogP contribution in [0.15, 0.2) is 39.7 Å². The van der Waals surface area contributed by atoms with Gasteiger partial charge >= 0.3 is 0 Å². The van der Waals surface area contributed by atoms with Crippen LogP contribution < -0.4 is 4.74 Å². The summed E-state index contributed by atoms with van der Waals surface area (Å²) in [5.74, 6) is 1.04. The van der Waals surface area contributed by atoms with Crippen molar-refractivity contribution in [2.45, 2.75) is 44.2 Å². The van der Waals surface area contributed by atoms with E-state index < -0.39 is 0 Å². The van der Waals surface area contributed by atoms with Crippen LogP contribution >= 0.6 is 11.3 Å². The van der Waals surface area contributed by atoms with Gasteiger partial charge < -0.3 is 9.64 Å². The summed E-state index contributed by atoms with van der Waals surface area (Å²) in [7, 11) is 1.67. The van der Waals surface area contributed by atoms with E-state index >= 15 is 0 Å². The Balaban J connectivity index is 1.46. The minimum atomic E-state index is 0.202. The molecule has 1 unspecified atom stereocenters. The molecule has 3 aliphatic rings. The molecule has 0 saturated heterocycles. The van der Waals surface area contributed by atoms with Crippen LogP contribution in [0.2, 0.25) is 0 Å². The van der Waals surface area contributed by atoms with Crippen LogP contribution in [0, 0.1) is 0 Å². The van der Waals surface area contributed by atoms with Crippen LogP contribution in [0.25, 0.3) is 10.1 Å². The van der Waals surface area contributed by atoms with Crippen molar-refractivity contribution >= 4 is 33.5 Å². The quantitative estimate of drug-likeness (QED) is 0.802. The molecule has 1 aliphatic heterocycles. The molecular formula is C21H22N2O2S. The zero-order valence-electron chi connectivity index (χ0n) is 14.9. The number of benzene rings is 1. The highest BCUT2D eigenvalue weighted by atomic mass is 32.1. The number of aliphatic imine (C=N–C) groups is 1. The van der Waals surface area contributed by atoms with Gasteiger partial charge in [-0.15, -0.1) is 11.3 Å². The number of carbonyl (C=O) groups is 1. The molecule has 26 heavy (non-hydrogen) atoms. The van der Waals surface area contributed by atoms with E-state index in [1.54, 1.807) is 18.4 Å². The van der Waals surface area contributed by atoms with Gasteiger partial charge in [0.25, 0.3) is 5.91 Å². The van der Waals surface area contributed by atoms with Gasteiger partial charge in [0.1, 0.15) is 5.75 Å². The average Bonchev–Trinajstić information content (AvgIpc) is 3.22. The molecule has 2 aliphatic carbocycles. The fraction of sp³-hybridized carbons (Fsp3) is 0.429. The SMILES string of the molecule is COc1ccc2c(C(=O)N(C3CC3)C3CCC4=C(C=NC4)C3)csc2c1. The van der Waals surface area contributed by atoms with E-state index in [0.29, 0.717) is 12.1 Å². The predicted molar refractivity (Wildman–Crippen MR) is 106 cm³/mol. The topological polar surface area (TPSA) is 41.9 Å². The highest BCUT2D eigenvalue weighted by Crippen LogP contribution is 2.39. The monoisotopic (exact) mass is 366 g/mol. The van der Waals surface area contributed by atoms with Crippen LogP contribution in [0.4, 0.5) is 0 Å². The van der Waals surface area contributed by atoms with Gasteiger partial charge in [-0.3, -0.25) is 9.79 Å². The Morgan fingerprint density at radius 2 is 2.15 bits per heavy atom. The van der Waals surface area contributed by atoms with Crippen molar-refractivity contribution in [3.63, 3.8) is 0 Å². The number of hydrogen-bond donors (Lipinski definition) is 0. The highest BCUT2D eigenvalue weighted by Gasteiger charge is 2.40. The molecule has 2 heterocycles. The second-order valence-corrected chi connectivity index (χ2v) is 8.36. The molecule has 0 spiro atoms. The fourth-order valence-corrected chi connectivity index (χ4v) is 5.21. The molecule has 2 aromatic rings. The third kappa shape index (κ3) is 2.65. The Labute approximate surface area is 157 Å².